The molecule has 1 aromatic rings. The van der Waals surface area contributed by atoms with Crippen LogP contribution in [0, 0.1) is 6.92 Å². The molecule has 0 aliphatic heterocycles. The van der Waals surface area contributed by atoms with Gasteiger partial charge in [0.1, 0.15) is 0 Å². The van der Waals surface area contributed by atoms with Crippen LogP contribution in [0.2, 0.25) is 5.02 Å². The van der Waals surface area contributed by atoms with E-state index in [-0.39, 0.29) is 12.5 Å². The molecule has 104 valence electrons. The van der Waals surface area contributed by atoms with Crippen molar-refractivity contribution in [1.29, 1.82) is 0 Å². The average Bonchev–Trinajstić information content (AvgIpc) is 2.34. The number of anilines is 1. The smallest absolute Gasteiger partial charge is 0.246 e. The molecule has 0 radical (unpaired) electrons. The average molecular weight is 283 g/mol. The van der Waals surface area contributed by atoms with Crippen LogP contribution in [0.5, 0.6) is 0 Å². The predicted octanol–water partition coefficient (Wildman–Crippen LogP) is 1.48. The minimum atomic E-state index is -0.161. The van der Waals surface area contributed by atoms with Gasteiger partial charge in [-0.1, -0.05) is 17.7 Å². The van der Waals surface area contributed by atoms with Crippen molar-refractivity contribution < 1.29 is 4.79 Å². The number of halogens is 1. The first kappa shape index (κ1) is 15.5. The second kappa shape index (κ2) is 7.13. The van der Waals surface area contributed by atoms with Crippen molar-refractivity contribution in [3.05, 3.63) is 41.2 Å². The lowest BCUT2D eigenvalue weighted by molar-refractivity contribution is -0.117. The van der Waals surface area contributed by atoms with Crippen LogP contribution in [0.15, 0.2) is 30.6 Å². The second-order valence-corrected chi connectivity index (χ2v) is 4.70. The number of rotatable bonds is 5. The Morgan fingerprint density at radius 1 is 1.42 bits per heavy atom. The Labute approximate surface area is 118 Å². The molecule has 0 bridgehead atoms. The zero-order chi connectivity index (χ0) is 14.4. The summed E-state index contributed by atoms with van der Waals surface area (Å²) < 4.78 is 0. The van der Waals surface area contributed by atoms with Crippen molar-refractivity contribution in [3.8, 4) is 0 Å². The second-order valence-electron chi connectivity index (χ2n) is 4.29. The maximum absolute atomic E-state index is 12.1. The van der Waals surface area contributed by atoms with Crippen LogP contribution in [-0.2, 0) is 4.79 Å². The van der Waals surface area contributed by atoms with Crippen molar-refractivity contribution in [1.82, 2.24) is 10.3 Å². The number of carbonyl (C=O) groups excluding carboxylic acids is 1. The van der Waals surface area contributed by atoms with Crippen LogP contribution in [-0.4, -0.2) is 31.4 Å². The molecule has 1 aromatic carbocycles. The maximum Gasteiger partial charge on any atom is 0.246 e. The Balaban J connectivity index is 3.15. The molecule has 0 unspecified atom stereocenters. The van der Waals surface area contributed by atoms with Crippen LogP contribution >= 0.6 is 11.6 Å². The number of carbonyl (C=O) groups is 1. The maximum atomic E-state index is 12.1. The highest BCUT2D eigenvalue weighted by molar-refractivity contribution is 6.31. The van der Waals surface area contributed by atoms with Gasteiger partial charge in [0, 0.05) is 31.5 Å². The molecule has 0 aliphatic carbocycles. The van der Waals surface area contributed by atoms with E-state index in [1.165, 1.54) is 4.90 Å². The Hall–Kier alpha value is -1.56. The number of hydrogen-bond acceptors (Lipinski definition) is 4. The molecule has 0 aromatic heterocycles. The molecule has 0 fully saturated rings. The molecule has 0 saturated heterocycles. The number of nitrogens with one attached hydrogen (secondary N) is 1. The highest BCUT2D eigenvalue weighted by Gasteiger charge is 2.15. The van der Waals surface area contributed by atoms with Gasteiger partial charge in [0.05, 0.1) is 12.2 Å². The summed E-state index contributed by atoms with van der Waals surface area (Å²) in [7, 11) is 3.76. The fourth-order valence-electron chi connectivity index (χ4n) is 1.53. The van der Waals surface area contributed by atoms with Gasteiger partial charge in [0.2, 0.25) is 5.91 Å². The Morgan fingerprint density at radius 3 is 2.68 bits per heavy atom. The lowest BCUT2D eigenvalue weighted by atomic mass is 10.2. The van der Waals surface area contributed by atoms with Gasteiger partial charge in [-0.05, 0) is 24.6 Å². The Kier molecular flexibility index (Phi) is 5.82. The molecule has 3 N–H and O–H groups in total. The summed E-state index contributed by atoms with van der Waals surface area (Å²) in [5, 5.41) is 0.620. The third-order valence-electron chi connectivity index (χ3n) is 2.53. The molecule has 0 spiro atoms. The van der Waals surface area contributed by atoms with Gasteiger partial charge in [0.15, 0.2) is 0 Å². The topological polar surface area (TPSA) is 61.6 Å². The van der Waals surface area contributed by atoms with Gasteiger partial charge >= 0.3 is 0 Å². The van der Waals surface area contributed by atoms with E-state index in [0.29, 0.717) is 5.02 Å². The summed E-state index contributed by atoms with van der Waals surface area (Å²) in [4.78, 5) is 15.5. The fraction of sp³-hybridized carbons (Fsp3) is 0.308. The normalized spacial score (nSPS) is 10.8. The highest BCUT2D eigenvalue weighted by Crippen LogP contribution is 2.26. The zero-order valence-electron chi connectivity index (χ0n) is 11.4. The van der Waals surface area contributed by atoms with Crippen molar-refractivity contribution in [2.75, 3.05) is 25.5 Å². The summed E-state index contributed by atoms with van der Waals surface area (Å²) >= 11 is 6.09. The van der Waals surface area contributed by atoms with Gasteiger partial charge in [-0.15, -0.1) is 0 Å². The van der Waals surface area contributed by atoms with Gasteiger partial charge in [-0.3, -0.25) is 21.0 Å². The van der Waals surface area contributed by atoms with Gasteiger partial charge in [-0.2, -0.15) is 0 Å². The van der Waals surface area contributed by atoms with E-state index in [0.717, 1.165) is 11.3 Å². The first-order valence-corrected chi connectivity index (χ1v) is 6.20. The van der Waals surface area contributed by atoms with Crippen molar-refractivity contribution in [3.63, 3.8) is 0 Å². The van der Waals surface area contributed by atoms with E-state index in [2.05, 4.69) is 5.43 Å². The summed E-state index contributed by atoms with van der Waals surface area (Å²) in [5.41, 5.74) is 3.95. The summed E-state index contributed by atoms with van der Waals surface area (Å²) in [5.74, 6) is 5.05. The third kappa shape index (κ3) is 4.24. The van der Waals surface area contributed by atoms with Crippen LogP contribution in [0.1, 0.15) is 5.56 Å². The minimum absolute atomic E-state index is 0.0454. The number of hydrogen-bond donors (Lipinski definition) is 2. The SMILES string of the molecule is Cc1c(Cl)cccc1N(C=CN(C)C)C(=O)CNN. The van der Waals surface area contributed by atoms with Crippen LogP contribution < -0.4 is 16.2 Å². The number of hydrazine groups is 1. The molecule has 0 heterocycles. The molecular formula is C13H19ClN4O. The molecule has 1 amide bonds. The van der Waals surface area contributed by atoms with E-state index in [1.54, 1.807) is 18.5 Å². The fourth-order valence-corrected chi connectivity index (χ4v) is 1.70. The first-order chi connectivity index (χ1) is 8.97. The Morgan fingerprint density at radius 2 is 2.11 bits per heavy atom. The largest absolute Gasteiger partial charge is 0.382 e. The molecular weight excluding hydrogens is 264 g/mol. The number of nitrogens with two attached hydrogens (primary N) is 1. The lowest BCUT2D eigenvalue weighted by Crippen LogP contribution is -2.38. The molecule has 6 heteroatoms. The number of amides is 1. The molecule has 0 atom stereocenters. The molecule has 5 nitrogen and oxygen atoms in total. The molecule has 0 saturated carbocycles. The van der Waals surface area contributed by atoms with Crippen LogP contribution in [0.25, 0.3) is 0 Å². The number of benzene rings is 1. The number of nitrogens with zero attached hydrogens (tertiary/aromatic N) is 2. The van der Waals surface area contributed by atoms with Gasteiger partial charge in [-0.25, -0.2) is 0 Å². The quantitative estimate of drug-likeness (QED) is 0.634. The van der Waals surface area contributed by atoms with E-state index >= 15 is 0 Å². The van der Waals surface area contributed by atoms with E-state index in [1.807, 2.05) is 38.1 Å². The summed E-state index contributed by atoms with van der Waals surface area (Å²) in [6.45, 7) is 1.92. The van der Waals surface area contributed by atoms with Crippen molar-refractivity contribution >= 4 is 23.2 Å². The van der Waals surface area contributed by atoms with Gasteiger partial charge in [0.25, 0.3) is 0 Å². The van der Waals surface area contributed by atoms with Crippen LogP contribution in [0.4, 0.5) is 5.69 Å². The monoisotopic (exact) mass is 282 g/mol. The first-order valence-electron chi connectivity index (χ1n) is 5.82. The molecule has 19 heavy (non-hydrogen) atoms. The van der Waals surface area contributed by atoms with E-state index in [4.69, 9.17) is 17.4 Å². The summed E-state index contributed by atoms with van der Waals surface area (Å²) in [6, 6.07) is 5.44. The highest BCUT2D eigenvalue weighted by atomic mass is 35.5. The standard InChI is InChI=1S/C13H19ClN4O/c1-10-11(14)5-4-6-12(10)18(8-7-17(2)3)13(19)9-16-15/h4-8,16H,9,15H2,1-3H3. The third-order valence-corrected chi connectivity index (χ3v) is 2.94. The van der Waals surface area contributed by atoms with Crippen molar-refractivity contribution in [2.45, 2.75) is 6.92 Å². The minimum Gasteiger partial charge on any atom is -0.382 e. The molecule has 1 rings (SSSR count). The van der Waals surface area contributed by atoms with Gasteiger partial charge < -0.3 is 4.90 Å². The Bertz CT molecular complexity index is 474. The van der Waals surface area contributed by atoms with E-state index < -0.39 is 0 Å². The predicted molar refractivity (Wildman–Crippen MR) is 78.7 cm³/mol. The molecule has 0 aliphatic rings. The summed E-state index contributed by atoms with van der Waals surface area (Å²) in [6.07, 6.45) is 3.48. The zero-order valence-corrected chi connectivity index (χ0v) is 12.1. The van der Waals surface area contributed by atoms with Crippen molar-refractivity contribution in [2.24, 2.45) is 5.84 Å². The van der Waals surface area contributed by atoms with E-state index in [9.17, 15) is 4.79 Å². The van der Waals surface area contributed by atoms with Crippen LogP contribution in [0.3, 0.4) is 0 Å². The lowest BCUT2D eigenvalue weighted by Gasteiger charge is -2.21.